The van der Waals surface area contributed by atoms with Crippen molar-refractivity contribution in [2.45, 2.75) is 51.5 Å². The van der Waals surface area contributed by atoms with Gasteiger partial charge in [-0.3, -0.25) is 9.69 Å². The lowest BCUT2D eigenvalue weighted by atomic mass is 9.89. The number of nitrogens with zero attached hydrogens (tertiary/aromatic N) is 3. The van der Waals surface area contributed by atoms with Crippen LogP contribution in [-0.2, 0) is 21.2 Å². The molecule has 33 heavy (non-hydrogen) atoms. The van der Waals surface area contributed by atoms with Crippen molar-refractivity contribution in [3.05, 3.63) is 28.8 Å². The molecule has 1 spiro atoms. The molecule has 0 saturated carbocycles. The number of carbonyl (C=O) groups excluding carboxylic acids is 2. The summed E-state index contributed by atoms with van der Waals surface area (Å²) in [5.41, 5.74) is 7.15. The average Bonchev–Trinajstić information content (AvgIpc) is 3.03. The highest BCUT2D eigenvalue weighted by Crippen LogP contribution is 2.34. The second kappa shape index (κ2) is 8.64. The molecule has 1 aromatic rings. The minimum Gasteiger partial charge on any atom is -0.351 e. The summed E-state index contributed by atoms with van der Waals surface area (Å²) < 4.78 is 54.3. The standard InChI is InChI=1S/C21H29F2N5O4S/c1-13-11-15(27(4)19(24)30)12-14(2)16(13)5-10-33(31,32)28-8-6-21(7-9-28)18(29)25-17(26-21)20(3,22)23/h11-12H,5-10H2,1-4H3,(H2,24,30)(H,25,26,29). The molecule has 2 heterocycles. The van der Waals surface area contributed by atoms with E-state index in [4.69, 9.17) is 5.73 Å². The molecule has 0 radical (unpaired) electrons. The van der Waals surface area contributed by atoms with E-state index in [9.17, 15) is 26.8 Å². The second-order valence-electron chi connectivity index (χ2n) is 8.75. The lowest BCUT2D eigenvalue weighted by molar-refractivity contribution is -0.125. The fraction of sp³-hybridized carbons (Fsp3) is 0.571. The third-order valence-electron chi connectivity index (χ3n) is 6.35. The van der Waals surface area contributed by atoms with Crippen molar-refractivity contribution in [2.24, 2.45) is 10.7 Å². The fourth-order valence-corrected chi connectivity index (χ4v) is 5.70. The van der Waals surface area contributed by atoms with Crippen molar-refractivity contribution in [2.75, 3.05) is 30.8 Å². The molecule has 0 unspecified atom stereocenters. The average molecular weight is 486 g/mol. The summed E-state index contributed by atoms with van der Waals surface area (Å²) in [6.07, 6.45) is 0.362. The molecular formula is C21H29F2N5O4S. The van der Waals surface area contributed by atoms with Crippen molar-refractivity contribution in [1.82, 2.24) is 9.62 Å². The molecule has 0 aliphatic carbocycles. The van der Waals surface area contributed by atoms with Crippen molar-refractivity contribution in [3.63, 3.8) is 0 Å². The first-order valence-electron chi connectivity index (χ1n) is 10.6. The van der Waals surface area contributed by atoms with Gasteiger partial charge < -0.3 is 11.1 Å². The van der Waals surface area contributed by atoms with Gasteiger partial charge in [0.15, 0.2) is 5.84 Å². The highest BCUT2D eigenvalue weighted by molar-refractivity contribution is 7.89. The zero-order valence-electron chi connectivity index (χ0n) is 19.1. The predicted molar refractivity (Wildman–Crippen MR) is 121 cm³/mol. The number of aliphatic imine (C=N–C) groups is 1. The predicted octanol–water partition coefficient (Wildman–Crippen LogP) is 1.71. The number of sulfonamides is 1. The Labute approximate surface area is 192 Å². The van der Waals surface area contributed by atoms with Crippen LogP contribution in [0.15, 0.2) is 17.1 Å². The van der Waals surface area contributed by atoms with E-state index in [2.05, 4.69) is 10.3 Å². The number of hydrogen-bond acceptors (Lipinski definition) is 5. The number of primary amides is 1. The van der Waals surface area contributed by atoms with Crippen molar-refractivity contribution >= 4 is 33.5 Å². The fourth-order valence-electron chi connectivity index (χ4n) is 4.24. The molecule has 182 valence electrons. The second-order valence-corrected chi connectivity index (χ2v) is 10.8. The number of alkyl halides is 2. The van der Waals surface area contributed by atoms with Crippen LogP contribution in [0.25, 0.3) is 0 Å². The number of nitrogens with two attached hydrogens (primary N) is 1. The van der Waals surface area contributed by atoms with E-state index in [1.165, 1.54) is 9.21 Å². The molecule has 1 aromatic carbocycles. The maximum absolute atomic E-state index is 13.6. The Hall–Kier alpha value is -2.60. The summed E-state index contributed by atoms with van der Waals surface area (Å²) in [7, 11) is -2.08. The van der Waals surface area contributed by atoms with E-state index in [0.29, 0.717) is 12.6 Å². The summed E-state index contributed by atoms with van der Waals surface area (Å²) in [6, 6.07) is 2.96. The molecule has 2 aliphatic heterocycles. The number of urea groups is 1. The van der Waals surface area contributed by atoms with E-state index in [1.807, 2.05) is 13.8 Å². The van der Waals surface area contributed by atoms with Gasteiger partial charge in [-0.05, 0) is 61.9 Å². The Morgan fingerprint density at radius 2 is 1.82 bits per heavy atom. The third-order valence-corrected chi connectivity index (χ3v) is 8.22. The lowest BCUT2D eigenvalue weighted by Crippen LogP contribution is -2.51. The Morgan fingerprint density at radius 1 is 1.27 bits per heavy atom. The maximum atomic E-state index is 13.6. The van der Waals surface area contributed by atoms with Crippen molar-refractivity contribution in [1.29, 1.82) is 0 Å². The van der Waals surface area contributed by atoms with Crippen LogP contribution in [0, 0.1) is 13.8 Å². The van der Waals surface area contributed by atoms with Gasteiger partial charge in [0.1, 0.15) is 5.54 Å². The topological polar surface area (TPSA) is 125 Å². The molecule has 0 bridgehead atoms. The molecule has 1 saturated heterocycles. The number of hydrogen-bond donors (Lipinski definition) is 2. The number of amides is 3. The van der Waals surface area contributed by atoms with Crippen LogP contribution in [0.1, 0.15) is 36.5 Å². The Kier molecular flexibility index (Phi) is 6.55. The minimum atomic E-state index is -3.64. The van der Waals surface area contributed by atoms with Gasteiger partial charge in [-0.1, -0.05) is 0 Å². The van der Waals surface area contributed by atoms with Crippen LogP contribution < -0.4 is 16.0 Å². The van der Waals surface area contributed by atoms with Crippen LogP contribution in [-0.4, -0.2) is 67.8 Å². The number of halogens is 2. The summed E-state index contributed by atoms with van der Waals surface area (Å²) in [5, 5.41) is 2.15. The van der Waals surface area contributed by atoms with E-state index in [1.54, 1.807) is 19.2 Å². The summed E-state index contributed by atoms with van der Waals surface area (Å²) in [4.78, 5) is 29.0. The molecule has 0 atom stereocenters. The summed E-state index contributed by atoms with van der Waals surface area (Å²) in [5.74, 6) is -4.68. The van der Waals surface area contributed by atoms with E-state index in [-0.39, 0.29) is 38.1 Å². The molecule has 3 N–H and O–H groups in total. The molecule has 2 aliphatic rings. The Morgan fingerprint density at radius 3 is 2.27 bits per heavy atom. The quantitative estimate of drug-likeness (QED) is 0.636. The summed E-state index contributed by atoms with van der Waals surface area (Å²) in [6.45, 7) is 4.41. The van der Waals surface area contributed by atoms with Gasteiger partial charge in [0.05, 0.1) is 5.75 Å². The number of anilines is 1. The molecule has 3 rings (SSSR count). The van der Waals surface area contributed by atoms with E-state index < -0.39 is 39.3 Å². The molecule has 12 heteroatoms. The first kappa shape index (κ1) is 25.0. The van der Waals surface area contributed by atoms with Gasteiger partial charge in [0.25, 0.3) is 5.91 Å². The maximum Gasteiger partial charge on any atom is 0.318 e. The number of benzene rings is 1. The van der Waals surface area contributed by atoms with Crippen LogP contribution in [0.3, 0.4) is 0 Å². The normalized spacial score (nSPS) is 18.8. The van der Waals surface area contributed by atoms with Crippen LogP contribution in [0.2, 0.25) is 0 Å². The Balaban J connectivity index is 1.68. The van der Waals surface area contributed by atoms with E-state index in [0.717, 1.165) is 16.7 Å². The SMILES string of the molecule is Cc1cc(N(C)C(N)=O)cc(C)c1CCS(=O)(=O)N1CCC2(CC1)N=C(C(C)(F)F)NC2=O. The number of rotatable bonds is 6. The first-order chi connectivity index (χ1) is 15.2. The molecular weight excluding hydrogens is 456 g/mol. The monoisotopic (exact) mass is 485 g/mol. The number of nitrogens with one attached hydrogen (secondary N) is 1. The minimum absolute atomic E-state index is 0.0299. The third kappa shape index (κ3) is 5.01. The highest BCUT2D eigenvalue weighted by atomic mass is 32.2. The summed E-state index contributed by atoms with van der Waals surface area (Å²) >= 11 is 0. The van der Waals surface area contributed by atoms with Crippen LogP contribution in [0.4, 0.5) is 19.3 Å². The smallest absolute Gasteiger partial charge is 0.318 e. The molecule has 9 nitrogen and oxygen atoms in total. The Bertz CT molecular complexity index is 1080. The number of piperidine rings is 1. The largest absolute Gasteiger partial charge is 0.351 e. The number of aryl methyl sites for hydroxylation is 2. The van der Waals surface area contributed by atoms with Gasteiger partial charge in [-0.2, -0.15) is 8.78 Å². The zero-order valence-corrected chi connectivity index (χ0v) is 19.9. The van der Waals surface area contributed by atoms with Crippen LogP contribution in [0.5, 0.6) is 0 Å². The van der Waals surface area contributed by atoms with E-state index >= 15 is 0 Å². The van der Waals surface area contributed by atoms with Crippen molar-refractivity contribution in [3.8, 4) is 0 Å². The highest BCUT2D eigenvalue weighted by Gasteiger charge is 2.50. The first-order valence-corrected chi connectivity index (χ1v) is 12.2. The number of carbonyl (C=O) groups is 2. The van der Waals surface area contributed by atoms with Gasteiger partial charge in [-0.15, -0.1) is 0 Å². The molecule has 3 amide bonds. The molecule has 1 fully saturated rings. The van der Waals surface area contributed by atoms with Gasteiger partial charge >= 0.3 is 12.0 Å². The lowest BCUT2D eigenvalue weighted by Gasteiger charge is -2.34. The zero-order chi connectivity index (χ0) is 24.8. The van der Waals surface area contributed by atoms with Crippen molar-refractivity contribution < 1.29 is 26.8 Å². The van der Waals surface area contributed by atoms with Gasteiger partial charge in [0, 0.05) is 32.7 Å². The molecule has 0 aromatic heterocycles. The van der Waals surface area contributed by atoms with Gasteiger partial charge in [0.2, 0.25) is 10.0 Å². The number of amidine groups is 1. The van der Waals surface area contributed by atoms with Crippen LogP contribution >= 0.6 is 0 Å². The van der Waals surface area contributed by atoms with Gasteiger partial charge in [-0.25, -0.2) is 22.5 Å².